The number of rotatable bonds is 6. The average molecular weight is 467 g/mol. The summed E-state index contributed by atoms with van der Waals surface area (Å²) >= 11 is 0. The summed E-state index contributed by atoms with van der Waals surface area (Å²) in [4.78, 5) is 22.4. The molecule has 0 aliphatic rings. The molecule has 0 aliphatic heterocycles. The SMILES string of the molecule is CCc1cc(C(O)(C(F)(F)F)C(F)(F)F)cc(C)c1CC(=O)c1cccc([N+](=O)[O-])c1F. The molecule has 0 heterocycles. The van der Waals surface area contributed by atoms with Crippen LogP contribution in [0.25, 0.3) is 0 Å². The van der Waals surface area contributed by atoms with E-state index in [2.05, 4.69) is 0 Å². The molecule has 5 nitrogen and oxygen atoms in total. The molecule has 2 rings (SSSR count). The van der Waals surface area contributed by atoms with Gasteiger partial charge in [-0.1, -0.05) is 25.1 Å². The van der Waals surface area contributed by atoms with Crippen LogP contribution in [0.5, 0.6) is 0 Å². The minimum atomic E-state index is -6.08. The Labute approximate surface area is 176 Å². The standard InChI is InChI=1S/C20H16F7NO4/c1-3-11-8-12(18(30,19(22,23)24)20(25,26)27)7-10(2)14(11)9-16(29)13-5-4-6-15(17(13)21)28(31)32/h4-8,30H,3,9H2,1-2H3. The van der Waals surface area contributed by atoms with Crippen LogP contribution in [0.4, 0.5) is 36.4 Å². The molecule has 32 heavy (non-hydrogen) atoms. The molecule has 174 valence electrons. The topological polar surface area (TPSA) is 80.4 Å². The zero-order valence-corrected chi connectivity index (χ0v) is 16.6. The highest BCUT2D eigenvalue weighted by Gasteiger charge is 2.71. The van der Waals surface area contributed by atoms with Crippen molar-refractivity contribution in [2.75, 3.05) is 0 Å². The van der Waals surface area contributed by atoms with Crippen LogP contribution in [0, 0.1) is 22.9 Å². The third-order valence-electron chi connectivity index (χ3n) is 5.00. The van der Waals surface area contributed by atoms with Gasteiger partial charge in [0.2, 0.25) is 5.82 Å². The van der Waals surface area contributed by atoms with Gasteiger partial charge >= 0.3 is 18.0 Å². The van der Waals surface area contributed by atoms with E-state index in [-0.39, 0.29) is 23.1 Å². The van der Waals surface area contributed by atoms with Crippen LogP contribution >= 0.6 is 0 Å². The first-order valence-corrected chi connectivity index (χ1v) is 9.01. The number of aryl methyl sites for hydroxylation is 2. The molecule has 0 fully saturated rings. The van der Waals surface area contributed by atoms with E-state index in [1.54, 1.807) is 0 Å². The number of nitrogens with zero attached hydrogens (tertiary/aromatic N) is 1. The van der Waals surface area contributed by atoms with E-state index in [0.717, 1.165) is 25.1 Å². The fourth-order valence-electron chi connectivity index (χ4n) is 3.29. The molecular weight excluding hydrogens is 451 g/mol. The van der Waals surface area contributed by atoms with Crippen molar-refractivity contribution in [1.29, 1.82) is 0 Å². The maximum Gasteiger partial charge on any atom is 0.430 e. The second kappa shape index (κ2) is 8.49. The first kappa shape index (κ1) is 25.2. The summed E-state index contributed by atoms with van der Waals surface area (Å²) in [5, 5.41) is 20.5. The molecule has 0 amide bonds. The summed E-state index contributed by atoms with van der Waals surface area (Å²) in [6.45, 7) is 2.54. The van der Waals surface area contributed by atoms with Crippen LogP contribution in [0.2, 0.25) is 0 Å². The van der Waals surface area contributed by atoms with Crippen molar-refractivity contribution in [1.82, 2.24) is 0 Å². The number of aliphatic hydroxyl groups is 1. The molecule has 0 unspecified atom stereocenters. The van der Waals surface area contributed by atoms with Crippen LogP contribution in [-0.4, -0.2) is 28.2 Å². The fourth-order valence-corrected chi connectivity index (χ4v) is 3.29. The number of halogens is 7. The predicted octanol–water partition coefficient (Wildman–Crippen LogP) is 5.34. The Morgan fingerprint density at radius 1 is 1.09 bits per heavy atom. The maximum absolute atomic E-state index is 14.3. The van der Waals surface area contributed by atoms with Crippen LogP contribution in [0.1, 0.15) is 39.5 Å². The summed E-state index contributed by atoms with van der Waals surface area (Å²) in [6.07, 6.45) is -12.9. The second-order valence-corrected chi connectivity index (χ2v) is 6.99. The first-order chi connectivity index (χ1) is 14.6. The lowest BCUT2D eigenvalue weighted by molar-refractivity contribution is -0.387. The van der Waals surface area contributed by atoms with Gasteiger partial charge in [0.25, 0.3) is 5.60 Å². The Morgan fingerprint density at radius 2 is 1.66 bits per heavy atom. The molecular formula is C20H16F7NO4. The molecule has 0 bridgehead atoms. The lowest BCUT2D eigenvalue weighted by Crippen LogP contribution is -2.54. The number of nitro benzene ring substituents is 1. The third kappa shape index (κ3) is 4.31. The molecule has 0 spiro atoms. The van der Waals surface area contributed by atoms with Crippen molar-refractivity contribution >= 4 is 11.5 Å². The van der Waals surface area contributed by atoms with Crippen LogP contribution in [0.3, 0.4) is 0 Å². The highest BCUT2D eigenvalue weighted by molar-refractivity contribution is 5.98. The van der Waals surface area contributed by atoms with Crippen molar-refractivity contribution in [3.8, 4) is 0 Å². The molecule has 0 radical (unpaired) electrons. The number of hydrogen-bond donors (Lipinski definition) is 1. The highest BCUT2D eigenvalue weighted by atomic mass is 19.4. The monoisotopic (exact) mass is 467 g/mol. The van der Waals surface area contributed by atoms with Crippen molar-refractivity contribution in [3.05, 3.63) is 74.1 Å². The van der Waals surface area contributed by atoms with Gasteiger partial charge < -0.3 is 5.11 Å². The number of benzene rings is 2. The van der Waals surface area contributed by atoms with E-state index in [1.807, 2.05) is 0 Å². The zero-order chi connectivity index (χ0) is 24.6. The summed E-state index contributed by atoms with van der Waals surface area (Å²) in [6, 6.07) is 3.84. The summed E-state index contributed by atoms with van der Waals surface area (Å²) < 4.78 is 93.6. The second-order valence-electron chi connectivity index (χ2n) is 6.99. The Kier molecular flexibility index (Phi) is 6.70. The number of ketones is 1. The minimum absolute atomic E-state index is 0.0267. The van der Waals surface area contributed by atoms with Gasteiger partial charge in [0.05, 0.1) is 10.5 Å². The van der Waals surface area contributed by atoms with E-state index in [9.17, 15) is 50.7 Å². The van der Waals surface area contributed by atoms with Gasteiger partial charge in [0.15, 0.2) is 5.78 Å². The summed E-state index contributed by atoms with van der Waals surface area (Å²) in [7, 11) is 0. The number of carbonyl (C=O) groups is 1. The Hall–Kier alpha value is -3.02. The molecule has 2 aromatic rings. The molecule has 12 heteroatoms. The lowest BCUT2D eigenvalue weighted by atomic mass is 9.85. The largest absolute Gasteiger partial charge is 0.430 e. The summed E-state index contributed by atoms with van der Waals surface area (Å²) in [5.41, 5.74) is -8.46. The third-order valence-corrected chi connectivity index (χ3v) is 5.00. The van der Waals surface area contributed by atoms with Crippen LogP contribution < -0.4 is 0 Å². The quantitative estimate of drug-likeness (QED) is 0.269. The van der Waals surface area contributed by atoms with Gasteiger partial charge in [-0.2, -0.15) is 30.7 Å². The molecule has 0 saturated carbocycles. The van der Waals surface area contributed by atoms with E-state index >= 15 is 0 Å². The average Bonchev–Trinajstić information content (AvgIpc) is 2.66. The van der Waals surface area contributed by atoms with Gasteiger partial charge in [-0.15, -0.1) is 0 Å². The number of alkyl halides is 6. The molecule has 2 aromatic carbocycles. The molecule has 0 aromatic heterocycles. The van der Waals surface area contributed by atoms with E-state index < -0.39 is 57.7 Å². The lowest BCUT2D eigenvalue weighted by Gasteiger charge is -2.33. The first-order valence-electron chi connectivity index (χ1n) is 9.01. The Morgan fingerprint density at radius 3 is 2.12 bits per heavy atom. The fraction of sp³-hybridized carbons (Fsp3) is 0.350. The van der Waals surface area contributed by atoms with Gasteiger partial charge in [-0.25, -0.2) is 0 Å². The number of nitro groups is 1. The van der Waals surface area contributed by atoms with Crippen molar-refractivity contribution in [2.45, 2.75) is 44.6 Å². The van der Waals surface area contributed by atoms with E-state index in [4.69, 9.17) is 0 Å². The summed E-state index contributed by atoms with van der Waals surface area (Å²) in [5.74, 6) is -2.36. The Bertz CT molecular complexity index is 1050. The minimum Gasteiger partial charge on any atom is -0.369 e. The van der Waals surface area contributed by atoms with Crippen LogP contribution in [-0.2, 0) is 18.4 Å². The number of Topliss-reactive ketones (excluding diaryl/α,β-unsaturated/α-hetero) is 1. The van der Waals surface area contributed by atoms with Gasteiger partial charge in [-0.05, 0) is 36.1 Å². The zero-order valence-electron chi connectivity index (χ0n) is 16.6. The van der Waals surface area contributed by atoms with E-state index in [1.165, 1.54) is 6.92 Å². The number of carbonyl (C=O) groups excluding carboxylic acids is 1. The van der Waals surface area contributed by atoms with Gasteiger partial charge in [-0.3, -0.25) is 14.9 Å². The normalized spacial score (nSPS) is 12.7. The smallest absolute Gasteiger partial charge is 0.369 e. The van der Waals surface area contributed by atoms with Crippen molar-refractivity contribution in [3.63, 3.8) is 0 Å². The predicted molar refractivity (Wildman–Crippen MR) is 97.7 cm³/mol. The van der Waals surface area contributed by atoms with Crippen LogP contribution in [0.15, 0.2) is 30.3 Å². The maximum atomic E-state index is 14.3. The molecule has 1 N–H and O–H groups in total. The van der Waals surface area contributed by atoms with E-state index in [0.29, 0.717) is 12.1 Å². The molecule has 0 aliphatic carbocycles. The molecule has 0 atom stereocenters. The van der Waals surface area contributed by atoms with Crippen molar-refractivity contribution < 1.29 is 45.6 Å². The van der Waals surface area contributed by atoms with Gasteiger partial charge in [0, 0.05) is 18.1 Å². The number of hydrogen-bond acceptors (Lipinski definition) is 4. The van der Waals surface area contributed by atoms with Gasteiger partial charge in [0.1, 0.15) is 0 Å². The highest BCUT2D eigenvalue weighted by Crippen LogP contribution is 2.50. The van der Waals surface area contributed by atoms with Crippen molar-refractivity contribution in [2.24, 2.45) is 0 Å². The molecule has 0 saturated heterocycles. The Balaban J connectivity index is 2.59.